The van der Waals surface area contributed by atoms with E-state index in [4.69, 9.17) is 18.0 Å². The highest BCUT2D eigenvalue weighted by Gasteiger charge is 2.06. The number of nitrogens with one attached hydrogen (secondary N) is 1. The third-order valence-corrected chi connectivity index (χ3v) is 2.90. The molecule has 1 aromatic heterocycles. The summed E-state index contributed by atoms with van der Waals surface area (Å²) in [6, 6.07) is 14.1. The van der Waals surface area contributed by atoms with Gasteiger partial charge in [0.1, 0.15) is 5.82 Å². The van der Waals surface area contributed by atoms with Crippen LogP contribution in [-0.2, 0) is 0 Å². The van der Waals surface area contributed by atoms with Crippen LogP contribution in [0.25, 0.3) is 22.2 Å². The summed E-state index contributed by atoms with van der Waals surface area (Å²) >= 11 is 4.99. The largest absolute Gasteiger partial charge is 0.369 e. The molecule has 0 unspecified atom stereocenters. The van der Waals surface area contributed by atoms with Crippen LogP contribution in [0, 0.1) is 4.77 Å². The van der Waals surface area contributed by atoms with Crippen molar-refractivity contribution in [3.63, 3.8) is 0 Å². The molecule has 0 aliphatic heterocycles. The van der Waals surface area contributed by atoms with E-state index in [2.05, 4.69) is 27.1 Å². The first-order valence-electron chi connectivity index (χ1n) is 5.46. The number of nitrogens with zero attached hydrogens (tertiary/aromatic N) is 2. The Labute approximate surface area is 109 Å². The number of hydrogen-bond donors (Lipinski definition) is 2. The number of anilines is 1. The maximum atomic E-state index is 5.67. The Bertz CT molecular complexity index is 774. The maximum absolute atomic E-state index is 5.67. The van der Waals surface area contributed by atoms with Gasteiger partial charge in [0.25, 0.3) is 0 Å². The lowest BCUT2D eigenvalue weighted by Gasteiger charge is -2.06. The zero-order valence-corrected chi connectivity index (χ0v) is 10.2. The SMILES string of the molecule is Nc1nc(=S)nc(-c2cccc3ccccc23)[nH]1. The van der Waals surface area contributed by atoms with Gasteiger partial charge in [-0.15, -0.1) is 0 Å². The Morgan fingerprint density at radius 1 is 1.00 bits per heavy atom. The van der Waals surface area contributed by atoms with Gasteiger partial charge in [0, 0.05) is 5.56 Å². The van der Waals surface area contributed by atoms with Gasteiger partial charge in [-0.2, -0.15) is 4.98 Å². The zero-order valence-electron chi connectivity index (χ0n) is 9.42. The molecule has 0 aliphatic rings. The van der Waals surface area contributed by atoms with E-state index in [1.54, 1.807) is 0 Å². The van der Waals surface area contributed by atoms with Gasteiger partial charge in [-0.25, -0.2) is 4.98 Å². The summed E-state index contributed by atoms with van der Waals surface area (Å²) in [5.41, 5.74) is 6.63. The van der Waals surface area contributed by atoms with Gasteiger partial charge in [0.05, 0.1) is 0 Å². The van der Waals surface area contributed by atoms with Gasteiger partial charge in [-0.1, -0.05) is 42.5 Å². The van der Waals surface area contributed by atoms with Gasteiger partial charge in [-0.3, -0.25) is 0 Å². The molecule has 0 atom stereocenters. The highest BCUT2D eigenvalue weighted by atomic mass is 32.1. The van der Waals surface area contributed by atoms with E-state index in [0.29, 0.717) is 5.82 Å². The predicted molar refractivity (Wildman–Crippen MR) is 74.6 cm³/mol. The van der Waals surface area contributed by atoms with Crippen LogP contribution >= 0.6 is 12.2 Å². The second kappa shape index (κ2) is 4.19. The Morgan fingerprint density at radius 3 is 2.61 bits per heavy atom. The van der Waals surface area contributed by atoms with Crippen molar-refractivity contribution in [2.45, 2.75) is 0 Å². The molecule has 0 bridgehead atoms. The normalized spacial score (nSPS) is 10.7. The lowest BCUT2D eigenvalue weighted by molar-refractivity contribution is 1.05. The molecule has 3 rings (SSSR count). The summed E-state index contributed by atoms with van der Waals surface area (Å²) in [5.74, 6) is 0.919. The van der Waals surface area contributed by atoms with Crippen molar-refractivity contribution in [3.8, 4) is 11.4 Å². The van der Waals surface area contributed by atoms with Gasteiger partial charge < -0.3 is 10.7 Å². The molecule has 0 saturated carbocycles. The number of H-pyrrole nitrogens is 1. The van der Waals surface area contributed by atoms with E-state index in [1.807, 2.05) is 30.3 Å². The average Bonchev–Trinajstić information content (AvgIpc) is 2.37. The Balaban J connectivity index is 2.34. The maximum Gasteiger partial charge on any atom is 0.224 e. The van der Waals surface area contributed by atoms with Crippen LogP contribution in [0.15, 0.2) is 42.5 Å². The molecule has 1 heterocycles. The quantitative estimate of drug-likeness (QED) is 0.655. The van der Waals surface area contributed by atoms with Crippen LogP contribution < -0.4 is 5.73 Å². The monoisotopic (exact) mass is 254 g/mol. The van der Waals surface area contributed by atoms with Gasteiger partial charge in [-0.05, 0) is 23.0 Å². The van der Waals surface area contributed by atoms with Crippen molar-refractivity contribution in [2.75, 3.05) is 5.73 Å². The first-order valence-corrected chi connectivity index (χ1v) is 5.87. The Kier molecular flexibility index (Phi) is 2.53. The van der Waals surface area contributed by atoms with Crippen molar-refractivity contribution >= 4 is 28.9 Å². The van der Waals surface area contributed by atoms with E-state index in [9.17, 15) is 0 Å². The number of hydrogen-bond acceptors (Lipinski definition) is 4. The second-order valence-corrected chi connectivity index (χ2v) is 4.26. The summed E-state index contributed by atoms with van der Waals surface area (Å²) in [6.07, 6.45) is 0. The number of benzene rings is 2. The molecular weight excluding hydrogens is 244 g/mol. The van der Waals surface area contributed by atoms with Crippen molar-refractivity contribution in [3.05, 3.63) is 47.2 Å². The highest BCUT2D eigenvalue weighted by molar-refractivity contribution is 7.71. The fourth-order valence-electron chi connectivity index (χ4n) is 1.96. The summed E-state index contributed by atoms with van der Waals surface area (Å²) in [4.78, 5) is 11.0. The minimum atomic E-state index is 0.245. The standard InChI is InChI=1S/C13H10N4S/c14-12-15-11(16-13(18)17-12)10-7-3-5-8-4-1-2-6-9(8)10/h1-7H,(H3,14,15,16,17,18). The molecule has 18 heavy (non-hydrogen) atoms. The zero-order chi connectivity index (χ0) is 12.5. The Hall–Kier alpha value is -2.27. The van der Waals surface area contributed by atoms with Crippen molar-refractivity contribution in [1.29, 1.82) is 0 Å². The fraction of sp³-hybridized carbons (Fsp3) is 0. The van der Waals surface area contributed by atoms with Gasteiger partial charge in [0.15, 0.2) is 0 Å². The van der Waals surface area contributed by atoms with Crippen LogP contribution in [0.4, 0.5) is 5.95 Å². The van der Waals surface area contributed by atoms with E-state index in [-0.39, 0.29) is 10.7 Å². The third kappa shape index (κ3) is 1.84. The molecule has 3 N–H and O–H groups in total. The van der Waals surface area contributed by atoms with Crippen LogP contribution in [0.2, 0.25) is 0 Å². The molecule has 5 heteroatoms. The topological polar surface area (TPSA) is 67.6 Å². The molecule has 0 radical (unpaired) electrons. The molecule has 0 saturated heterocycles. The van der Waals surface area contributed by atoms with Crippen LogP contribution in [0.3, 0.4) is 0 Å². The molecular formula is C13H10N4S. The minimum absolute atomic E-state index is 0.245. The van der Waals surface area contributed by atoms with Crippen molar-refractivity contribution < 1.29 is 0 Å². The number of aromatic nitrogens is 3. The number of nitrogens with two attached hydrogens (primary N) is 1. The van der Waals surface area contributed by atoms with Crippen LogP contribution in [-0.4, -0.2) is 15.0 Å². The number of aromatic amines is 1. The predicted octanol–water partition coefficient (Wildman–Crippen LogP) is 2.94. The molecule has 0 fully saturated rings. The summed E-state index contributed by atoms with van der Waals surface area (Å²) in [7, 11) is 0. The molecule has 3 aromatic rings. The molecule has 0 spiro atoms. The van der Waals surface area contributed by atoms with E-state index in [0.717, 1.165) is 16.3 Å². The lowest BCUT2D eigenvalue weighted by atomic mass is 10.0. The summed E-state index contributed by atoms with van der Waals surface area (Å²) in [6.45, 7) is 0. The number of rotatable bonds is 1. The summed E-state index contributed by atoms with van der Waals surface area (Å²) < 4.78 is 0.245. The van der Waals surface area contributed by atoms with Crippen LogP contribution in [0.5, 0.6) is 0 Å². The molecule has 0 amide bonds. The van der Waals surface area contributed by atoms with E-state index < -0.39 is 0 Å². The van der Waals surface area contributed by atoms with Crippen LogP contribution in [0.1, 0.15) is 0 Å². The van der Waals surface area contributed by atoms with E-state index in [1.165, 1.54) is 0 Å². The van der Waals surface area contributed by atoms with E-state index >= 15 is 0 Å². The fourth-order valence-corrected chi connectivity index (χ4v) is 2.15. The third-order valence-electron chi connectivity index (χ3n) is 2.71. The van der Waals surface area contributed by atoms with Gasteiger partial charge >= 0.3 is 0 Å². The first kappa shape index (κ1) is 10.9. The first-order chi connectivity index (χ1) is 8.74. The summed E-state index contributed by atoms with van der Waals surface area (Å²) in [5, 5.41) is 2.25. The average molecular weight is 254 g/mol. The van der Waals surface area contributed by atoms with Crippen molar-refractivity contribution in [1.82, 2.24) is 15.0 Å². The second-order valence-electron chi connectivity index (χ2n) is 3.89. The van der Waals surface area contributed by atoms with Crippen molar-refractivity contribution in [2.24, 2.45) is 0 Å². The smallest absolute Gasteiger partial charge is 0.224 e. The molecule has 88 valence electrons. The number of fused-ring (bicyclic) bond motifs is 1. The lowest BCUT2D eigenvalue weighted by Crippen LogP contribution is -2.00. The molecule has 4 nitrogen and oxygen atoms in total. The van der Waals surface area contributed by atoms with Gasteiger partial charge in [0.2, 0.25) is 10.7 Å². The minimum Gasteiger partial charge on any atom is -0.369 e. The number of nitrogen functional groups attached to an aromatic ring is 1. The Morgan fingerprint density at radius 2 is 1.78 bits per heavy atom. The molecule has 0 aliphatic carbocycles. The highest BCUT2D eigenvalue weighted by Crippen LogP contribution is 2.25. The molecule has 2 aromatic carbocycles.